The van der Waals surface area contributed by atoms with Crippen molar-refractivity contribution in [2.75, 3.05) is 21.3 Å². The Labute approximate surface area is 142 Å². The van der Waals surface area contributed by atoms with Crippen molar-refractivity contribution in [2.24, 2.45) is 17.8 Å². The van der Waals surface area contributed by atoms with Crippen LogP contribution in [0, 0.1) is 17.8 Å². The number of hydrogen-bond acceptors (Lipinski definition) is 4. The third kappa shape index (κ3) is 2.72. The predicted molar refractivity (Wildman–Crippen MR) is 89.9 cm³/mol. The van der Waals surface area contributed by atoms with E-state index >= 15 is 0 Å². The minimum Gasteiger partial charge on any atom is -0.493 e. The van der Waals surface area contributed by atoms with Crippen LogP contribution in [0.2, 0.25) is 0 Å². The Balaban J connectivity index is 2.00. The first-order chi connectivity index (χ1) is 11.6. The van der Waals surface area contributed by atoms with Crippen molar-refractivity contribution in [3.8, 4) is 17.2 Å². The van der Waals surface area contributed by atoms with Crippen LogP contribution in [0.5, 0.6) is 17.2 Å². The quantitative estimate of drug-likeness (QED) is 0.774. The molecule has 130 valence electrons. The number of allylic oxidation sites excluding steroid dienone is 2. The van der Waals surface area contributed by atoms with Crippen LogP contribution < -0.4 is 14.2 Å². The first-order valence-corrected chi connectivity index (χ1v) is 8.29. The molecule has 1 aromatic rings. The fourth-order valence-electron chi connectivity index (χ4n) is 4.46. The van der Waals surface area contributed by atoms with Gasteiger partial charge in [0.25, 0.3) is 0 Å². The van der Waals surface area contributed by atoms with Crippen molar-refractivity contribution < 1.29 is 24.1 Å². The molecule has 2 bridgehead atoms. The maximum atomic E-state index is 11.0. The zero-order valence-electron chi connectivity index (χ0n) is 14.3. The van der Waals surface area contributed by atoms with Gasteiger partial charge in [-0.3, -0.25) is 4.79 Å². The van der Waals surface area contributed by atoms with Gasteiger partial charge in [0.2, 0.25) is 5.75 Å². The summed E-state index contributed by atoms with van der Waals surface area (Å²) in [6.07, 6.45) is 6.49. The van der Waals surface area contributed by atoms with Crippen LogP contribution in [-0.2, 0) is 4.79 Å². The average molecular weight is 332 g/mol. The minimum absolute atomic E-state index is 0.202. The third-order valence-corrected chi connectivity index (χ3v) is 5.41. The van der Waals surface area contributed by atoms with Gasteiger partial charge in [-0.05, 0) is 42.6 Å². The van der Waals surface area contributed by atoms with Crippen molar-refractivity contribution in [3.05, 3.63) is 29.8 Å². The number of rotatable bonds is 7. The van der Waals surface area contributed by atoms with Crippen molar-refractivity contribution in [2.45, 2.75) is 25.2 Å². The van der Waals surface area contributed by atoms with Gasteiger partial charge in [0.15, 0.2) is 11.5 Å². The molecule has 0 aliphatic heterocycles. The van der Waals surface area contributed by atoms with Gasteiger partial charge >= 0.3 is 5.97 Å². The number of fused-ring (bicyclic) bond motifs is 2. The van der Waals surface area contributed by atoms with Gasteiger partial charge in [-0.2, -0.15) is 0 Å². The van der Waals surface area contributed by atoms with Crippen LogP contribution in [0.1, 0.15) is 30.7 Å². The fraction of sp³-hybridized carbons (Fsp3) is 0.526. The molecule has 2 aliphatic rings. The van der Waals surface area contributed by atoms with Crippen LogP contribution in [-0.4, -0.2) is 32.4 Å². The first kappa shape index (κ1) is 16.7. The molecule has 0 heterocycles. The summed E-state index contributed by atoms with van der Waals surface area (Å²) in [5, 5.41) is 9.07. The highest BCUT2D eigenvalue weighted by molar-refractivity contribution is 5.66. The average Bonchev–Trinajstić information content (AvgIpc) is 3.19. The van der Waals surface area contributed by atoms with E-state index in [9.17, 15) is 4.79 Å². The van der Waals surface area contributed by atoms with E-state index in [1.54, 1.807) is 21.3 Å². The lowest BCUT2D eigenvalue weighted by Crippen LogP contribution is -2.20. The maximum absolute atomic E-state index is 11.0. The molecule has 1 fully saturated rings. The van der Waals surface area contributed by atoms with E-state index in [0.29, 0.717) is 41.4 Å². The SMILES string of the molecule is COc1ccc(C2C3C=CC(C3)C2CCC(=O)O)c(OC)c1OC. The summed E-state index contributed by atoms with van der Waals surface area (Å²) in [5.74, 6) is 2.66. The second kappa shape index (κ2) is 6.75. The number of methoxy groups -OCH3 is 3. The van der Waals surface area contributed by atoms with E-state index in [-0.39, 0.29) is 12.3 Å². The Morgan fingerprint density at radius 3 is 2.42 bits per heavy atom. The smallest absolute Gasteiger partial charge is 0.303 e. The third-order valence-electron chi connectivity index (χ3n) is 5.41. The van der Waals surface area contributed by atoms with Gasteiger partial charge in [0, 0.05) is 12.0 Å². The summed E-state index contributed by atoms with van der Waals surface area (Å²) < 4.78 is 16.5. The van der Waals surface area contributed by atoms with E-state index < -0.39 is 5.97 Å². The van der Waals surface area contributed by atoms with E-state index in [1.807, 2.05) is 12.1 Å². The maximum Gasteiger partial charge on any atom is 0.303 e. The van der Waals surface area contributed by atoms with Crippen molar-refractivity contribution in [3.63, 3.8) is 0 Å². The number of carboxylic acids is 1. The van der Waals surface area contributed by atoms with Gasteiger partial charge in [0.1, 0.15) is 0 Å². The molecule has 0 spiro atoms. The molecule has 2 aliphatic carbocycles. The predicted octanol–water partition coefficient (Wildman–Crippen LogP) is 3.48. The second-order valence-electron chi connectivity index (χ2n) is 6.49. The molecule has 4 atom stereocenters. The number of aliphatic carboxylic acids is 1. The molecule has 4 unspecified atom stereocenters. The number of hydrogen-bond donors (Lipinski definition) is 1. The molecule has 1 saturated carbocycles. The monoisotopic (exact) mass is 332 g/mol. The van der Waals surface area contributed by atoms with E-state index in [2.05, 4.69) is 12.2 Å². The molecule has 24 heavy (non-hydrogen) atoms. The molecular weight excluding hydrogens is 308 g/mol. The van der Waals surface area contributed by atoms with E-state index in [4.69, 9.17) is 19.3 Å². The molecule has 3 rings (SSSR count). The van der Waals surface area contributed by atoms with Crippen molar-refractivity contribution >= 4 is 5.97 Å². The van der Waals surface area contributed by atoms with E-state index in [1.165, 1.54) is 0 Å². The topological polar surface area (TPSA) is 65.0 Å². The van der Waals surface area contributed by atoms with Crippen LogP contribution in [0.3, 0.4) is 0 Å². The molecule has 0 aromatic heterocycles. The summed E-state index contributed by atoms with van der Waals surface area (Å²) in [6, 6.07) is 3.94. The number of carbonyl (C=O) groups is 1. The fourth-order valence-corrected chi connectivity index (χ4v) is 4.46. The molecular formula is C19H24O5. The normalized spacial score (nSPS) is 27.3. The Kier molecular flexibility index (Phi) is 4.69. The van der Waals surface area contributed by atoms with E-state index in [0.717, 1.165) is 12.0 Å². The zero-order chi connectivity index (χ0) is 17.3. The molecule has 5 heteroatoms. The lowest BCUT2D eigenvalue weighted by atomic mass is 9.76. The standard InChI is InChI=1S/C19H24O5/c1-22-15-8-6-14(18(23-2)19(15)24-3)17-12-5-4-11(10-12)13(17)7-9-16(20)21/h4-6,8,11-13,17H,7,9-10H2,1-3H3,(H,20,21). The molecule has 5 nitrogen and oxygen atoms in total. The molecule has 1 N–H and O–H groups in total. The minimum atomic E-state index is -0.736. The van der Waals surface area contributed by atoms with Crippen LogP contribution in [0.25, 0.3) is 0 Å². The summed E-state index contributed by atoms with van der Waals surface area (Å²) in [4.78, 5) is 11.0. The zero-order valence-corrected chi connectivity index (χ0v) is 14.3. The first-order valence-electron chi connectivity index (χ1n) is 8.29. The van der Waals surface area contributed by atoms with Crippen molar-refractivity contribution in [1.82, 2.24) is 0 Å². The molecule has 1 aromatic carbocycles. The van der Waals surface area contributed by atoms with Gasteiger partial charge in [0.05, 0.1) is 21.3 Å². The Hall–Kier alpha value is -2.17. The molecule has 0 saturated heterocycles. The highest BCUT2D eigenvalue weighted by atomic mass is 16.5. The summed E-state index contributed by atoms with van der Waals surface area (Å²) >= 11 is 0. The molecule has 0 amide bonds. The van der Waals surface area contributed by atoms with Gasteiger partial charge < -0.3 is 19.3 Å². The van der Waals surface area contributed by atoms with Gasteiger partial charge in [-0.15, -0.1) is 0 Å². The highest BCUT2D eigenvalue weighted by Crippen LogP contribution is 2.57. The summed E-state index contributed by atoms with van der Waals surface area (Å²) in [7, 11) is 4.84. The Morgan fingerprint density at radius 2 is 1.79 bits per heavy atom. The Bertz CT molecular complexity index is 651. The lowest BCUT2D eigenvalue weighted by Gasteiger charge is -2.30. The number of carboxylic acid groups (broad SMARTS) is 1. The van der Waals surface area contributed by atoms with Gasteiger partial charge in [-0.25, -0.2) is 0 Å². The number of ether oxygens (including phenoxy) is 3. The summed E-state index contributed by atoms with van der Waals surface area (Å²) in [5.41, 5.74) is 1.09. The van der Waals surface area contributed by atoms with Gasteiger partial charge in [-0.1, -0.05) is 18.2 Å². The van der Waals surface area contributed by atoms with Crippen LogP contribution in [0.15, 0.2) is 24.3 Å². The molecule has 0 radical (unpaired) electrons. The Morgan fingerprint density at radius 1 is 1.08 bits per heavy atom. The van der Waals surface area contributed by atoms with Crippen LogP contribution >= 0.6 is 0 Å². The highest BCUT2D eigenvalue weighted by Gasteiger charge is 2.46. The second-order valence-corrected chi connectivity index (χ2v) is 6.49. The van der Waals surface area contributed by atoms with Crippen molar-refractivity contribution in [1.29, 1.82) is 0 Å². The largest absolute Gasteiger partial charge is 0.493 e. The van der Waals surface area contributed by atoms with Crippen LogP contribution in [0.4, 0.5) is 0 Å². The lowest BCUT2D eigenvalue weighted by molar-refractivity contribution is -0.137. The summed E-state index contributed by atoms with van der Waals surface area (Å²) in [6.45, 7) is 0. The number of benzene rings is 1.